The number of hydrogen-bond donors (Lipinski definition) is 2. The Hall–Kier alpha value is -3.65. The van der Waals surface area contributed by atoms with Crippen LogP contribution in [0.2, 0.25) is 0 Å². The highest BCUT2D eigenvalue weighted by Gasteiger charge is 2.32. The number of hydrogen-bond acceptors (Lipinski definition) is 5. The predicted octanol–water partition coefficient (Wildman–Crippen LogP) is 3.42. The van der Waals surface area contributed by atoms with Crippen LogP contribution in [0.1, 0.15) is 30.4 Å². The van der Waals surface area contributed by atoms with Crippen molar-refractivity contribution in [1.82, 2.24) is 10.2 Å². The summed E-state index contributed by atoms with van der Waals surface area (Å²) in [6.07, 6.45) is 0.116. The van der Waals surface area contributed by atoms with E-state index in [1.54, 1.807) is 6.92 Å². The van der Waals surface area contributed by atoms with Crippen molar-refractivity contribution in [2.75, 3.05) is 26.9 Å². The van der Waals surface area contributed by atoms with E-state index in [9.17, 15) is 19.5 Å². The Morgan fingerprint density at radius 3 is 2.24 bits per heavy atom. The molecule has 1 aliphatic rings. The van der Waals surface area contributed by atoms with Crippen LogP contribution in [-0.2, 0) is 19.1 Å². The van der Waals surface area contributed by atoms with Crippen LogP contribution >= 0.6 is 0 Å². The molecule has 2 aromatic carbocycles. The zero-order valence-corrected chi connectivity index (χ0v) is 19.4. The van der Waals surface area contributed by atoms with Crippen molar-refractivity contribution < 1.29 is 29.0 Å². The van der Waals surface area contributed by atoms with Crippen LogP contribution in [0.4, 0.5) is 4.79 Å². The number of nitrogens with one attached hydrogen (secondary N) is 1. The van der Waals surface area contributed by atoms with Crippen LogP contribution in [0, 0.1) is 0 Å². The van der Waals surface area contributed by atoms with E-state index < -0.39 is 30.4 Å². The van der Waals surface area contributed by atoms with Crippen LogP contribution in [0.25, 0.3) is 11.1 Å². The minimum atomic E-state index is -1.28. The highest BCUT2D eigenvalue weighted by molar-refractivity contribution is 5.89. The Kier molecular flexibility index (Phi) is 8.43. The Bertz CT molecular complexity index is 1010. The molecule has 2 aromatic rings. The standard InChI is InChI=1S/C26H30N2O6/c1-4-13-28(17(2)15-33-3)25(31)23(14-24(29)30)27-26(32)34-16-22-20-11-7-5-9-18(20)19-10-6-8-12-21(19)22/h4-12,17,22-23H,1,13-16H2,2-3H3,(H,27,32)(H,29,30). The van der Waals surface area contributed by atoms with Gasteiger partial charge in [-0.05, 0) is 29.2 Å². The number of ether oxygens (including phenoxy) is 2. The van der Waals surface area contributed by atoms with Crippen LogP contribution in [0.5, 0.6) is 0 Å². The van der Waals surface area contributed by atoms with E-state index in [1.165, 1.54) is 18.1 Å². The molecular formula is C26H30N2O6. The number of fused-ring (bicyclic) bond motifs is 3. The topological polar surface area (TPSA) is 105 Å². The van der Waals surface area contributed by atoms with Gasteiger partial charge >= 0.3 is 12.1 Å². The van der Waals surface area contributed by atoms with E-state index in [0.717, 1.165) is 22.3 Å². The molecule has 2 N–H and O–H groups in total. The van der Waals surface area contributed by atoms with Gasteiger partial charge in [-0.2, -0.15) is 0 Å². The van der Waals surface area contributed by atoms with E-state index in [1.807, 2.05) is 48.5 Å². The lowest BCUT2D eigenvalue weighted by Gasteiger charge is -2.31. The minimum Gasteiger partial charge on any atom is -0.481 e. The first kappa shape index (κ1) is 25.0. The lowest BCUT2D eigenvalue weighted by Crippen LogP contribution is -2.53. The molecule has 0 aromatic heterocycles. The highest BCUT2D eigenvalue weighted by atomic mass is 16.5. The van der Waals surface area contributed by atoms with Gasteiger partial charge < -0.3 is 24.8 Å². The number of carbonyl (C=O) groups is 3. The molecule has 2 atom stereocenters. The lowest BCUT2D eigenvalue weighted by molar-refractivity contribution is -0.143. The third-order valence-electron chi connectivity index (χ3n) is 5.86. The molecule has 2 unspecified atom stereocenters. The van der Waals surface area contributed by atoms with Crippen molar-refractivity contribution in [3.05, 3.63) is 72.3 Å². The molecule has 3 rings (SSSR count). The van der Waals surface area contributed by atoms with Crippen molar-refractivity contribution >= 4 is 18.0 Å². The zero-order chi connectivity index (χ0) is 24.7. The first-order valence-electron chi connectivity index (χ1n) is 11.1. The van der Waals surface area contributed by atoms with E-state index in [2.05, 4.69) is 11.9 Å². The van der Waals surface area contributed by atoms with Gasteiger partial charge in [-0.3, -0.25) is 9.59 Å². The number of aliphatic carboxylic acids is 1. The molecule has 1 aliphatic carbocycles. The number of rotatable bonds is 11. The maximum absolute atomic E-state index is 13.1. The SMILES string of the molecule is C=CCN(C(=O)C(CC(=O)O)NC(=O)OCC1c2ccccc2-c2ccccc21)C(C)COC. The number of carboxylic acid groups (broad SMARTS) is 1. The first-order chi connectivity index (χ1) is 16.4. The second-order valence-electron chi connectivity index (χ2n) is 8.20. The third kappa shape index (κ3) is 5.63. The van der Waals surface area contributed by atoms with Crippen LogP contribution in [0.15, 0.2) is 61.2 Å². The molecule has 0 heterocycles. The minimum absolute atomic E-state index is 0.0598. The van der Waals surface area contributed by atoms with E-state index in [4.69, 9.17) is 9.47 Å². The number of methoxy groups -OCH3 is 1. The molecule has 0 saturated carbocycles. The Labute approximate surface area is 199 Å². The van der Waals surface area contributed by atoms with Crippen LogP contribution < -0.4 is 5.32 Å². The van der Waals surface area contributed by atoms with Crippen molar-refractivity contribution in [1.29, 1.82) is 0 Å². The monoisotopic (exact) mass is 466 g/mol. The second kappa shape index (κ2) is 11.5. The average Bonchev–Trinajstić information content (AvgIpc) is 3.14. The molecule has 8 heteroatoms. The van der Waals surface area contributed by atoms with Gasteiger partial charge in [0, 0.05) is 19.6 Å². The van der Waals surface area contributed by atoms with Crippen molar-refractivity contribution in [2.24, 2.45) is 0 Å². The number of alkyl carbamates (subject to hydrolysis) is 1. The van der Waals surface area contributed by atoms with Gasteiger partial charge in [0.15, 0.2) is 0 Å². The molecule has 0 fully saturated rings. The predicted molar refractivity (Wildman–Crippen MR) is 127 cm³/mol. The number of carboxylic acids is 1. The van der Waals surface area contributed by atoms with Gasteiger partial charge in [0.2, 0.25) is 5.91 Å². The summed E-state index contributed by atoms with van der Waals surface area (Å²) < 4.78 is 10.6. The first-order valence-corrected chi connectivity index (χ1v) is 11.1. The fourth-order valence-corrected chi connectivity index (χ4v) is 4.31. The molecule has 0 spiro atoms. The molecule has 2 amide bonds. The van der Waals surface area contributed by atoms with Gasteiger partial charge in [-0.15, -0.1) is 6.58 Å². The zero-order valence-electron chi connectivity index (χ0n) is 19.4. The van der Waals surface area contributed by atoms with Crippen molar-refractivity contribution in [2.45, 2.75) is 31.3 Å². The normalized spacial score (nSPS) is 13.8. The molecule has 0 bridgehead atoms. The van der Waals surface area contributed by atoms with Crippen LogP contribution in [-0.4, -0.2) is 66.9 Å². The number of benzene rings is 2. The summed E-state index contributed by atoms with van der Waals surface area (Å²) in [5, 5.41) is 11.8. The summed E-state index contributed by atoms with van der Waals surface area (Å²) in [5.41, 5.74) is 4.30. The van der Waals surface area contributed by atoms with Gasteiger partial charge in [-0.25, -0.2) is 4.79 Å². The number of amides is 2. The van der Waals surface area contributed by atoms with E-state index in [0.29, 0.717) is 0 Å². The molecule has 0 saturated heterocycles. The maximum atomic E-state index is 13.1. The van der Waals surface area contributed by atoms with Crippen molar-refractivity contribution in [3.8, 4) is 11.1 Å². The average molecular weight is 467 g/mol. The summed E-state index contributed by atoms with van der Waals surface area (Å²) in [7, 11) is 1.51. The van der Waals surface area contributed by atoms with Gasteiger partial charge in [0.1, 0.15) is 12.6 Å². The summed E-state index contributed by atoms with van der Waals surface area (Å²) in [4.78, 5) is 38.6. The fourth-order valence-electron chi connectivity index (χ4n) is 4.31. The van der Waals surface area contributed by atoms with E-state index >= 15 is 0 Å². The quantitative estimate of drug-likeness (QED) is 0.492. The molecule has 8 nitrogen and oxygen atoms in total. The van der Waals surface area contributed by atoms with E-state index in [-0.39, 0.29) is 31.7 Å². The number of carbonyl (C=O) groups excluding carboxylic acids is 2. The summed E-state index contributed by atoms with van der Waals surface area (Å²) in [6.45, 7) is 5.93. The molecule has 0 radical (unpaired) electrons. The number of nitrogens with zero attached hydrogens (tertiary/aromatic N) is 1. The van der Waals surface area contributed by atoms with Gasteiger partial charge in [-0.1, -0.05) is 54.6 Å². The Morgan fingerprint density at radius 2 is 1.71 bits per heavy atom. The summed E-state index contributed by atoms with van der Waals surface area (Å²) >= 11 is 0. The van der Waals surface area contributed by atoms with Gasteiger partial charge in [0.25, 0.3) is 0 Å². The maximum Gasteiger partial charge on any atom is 0.407 e. The Balaban J connectivity index is 1.71. The Morgan fingerprint density at radius 1 is 1.12 bits per heavy atom. The lowest BCUT2D eigenvalue weighted by atomic mass is 9.98. The smallest absolute Gasteiger partial charge is 0.407 e. The summed E-state index contributed by atoms with van der Waals surface area (Å²) in [6, 6.07) is 14.3. The second-order valence-corrected chi connectivity index (χ2v) is 8.20. The van der Waals surface area contributed by atoms with Gasteiger partial charge in [0.05, 0.1) is 19.1 Å². The van der Waals surface area contributed by atoms with Crippen molar-refractivity contribution in [3.63, 3.8) is 0 Å². The molecule has 34 heavy (non-hydrogen) atoms. The largest absolute Gasteiger partial charge is 0.481 e. The fraction of sp³-hybridized carbons (Fsp3) is 0.346. The molecular weight excluding hydrogens is 436 g/mol. The third-order valence-corrected chi connectivity index (χ3v) is 5.86. The molecule has 0 aliphatic heterocycles. The molecule has 180 valence electrons. The summed E-state index contributed by atoms with van der Waals surface area (Å²) in [5.74, 6) is -1.90. The highest BCUT2D eigenvalue weighted by Crippen LogP contribution is 2.44. The van der Waals surface area contributed by atoms with Crippen LogP contribution in [0.3, 0.4) is 0 Å².